The van der Waals surface area contributed by atoms with Crippen LogP contribution in [0.4, 0.5) is 5.69 Å². The number of carbonyl (C=O) groups excluding carboxylic acids is 2. The SMILES string of the molecule is Cc1ccc(Cl)cc1N1CCN([C@H]2CC(=O)N(Cc3ccccc3)C2=O)CC1. The Bertz CT molecular complexity index is 879. The van der Waals surface area contributed by atoms with Gasteiger partial charge in [-0.15, -0.1) is 0 Å². The lowest BCUT2D eigenvalue weighted by Gasteiger charge is -2.38. The summed E-state index contributed by atoms with van der Waals surface area (Å²) >= 11 is 6.16. The second kappa shape index (κ2) is 7.94. The van der Waals surface area contributed by atoms with Crippen LogP contribution < -0.4 is 4.90 Å². The van der Waals surface area contributed by atoms with Crippen molar-refractivity contribution in [1.82, 2.24) is 9.80 Å². The van der Waals surface area contributed by atoms with Crippen LogP contribution in [0.15, 0.2) is 48.5 Å². The maximum absolute atomic E-state index is 12.9. The monoisotopic (exact) mass is 397 g/mol. The number of carbonyl (C=O) groups is 2. The number of imide groups is 1. The van der Waals surface area contributed by atoms with Crippen LogP contribution in [-0.4, -0.2) is 53.8 Å². The van der Waals surface area contributed by atoms with Crippen LogP contribution in [0.2, 0.25) is 5.02 Å². The molecule has 2 aromatic carbocycles. The summed E-state index contributed by atoms with van der Waals surface area (Å²) in [6.07, 6.45) is 0.280. The molecule has 2 aliphatic heterocycles. The largest absolute Gasteiger partial charge is 0.369 e. The van der Waals surface area contributed by atoms with E-state index in [4.69, 9.17) is 11.6 Å². The zero-order valence-corrected chi connectivity index (χ0v) is 16.7. The summed E-state index contributed by atoms with van der Waals surface area (Å²) in [5.74, 6) is -0.145. The van der Waals surface area contributed by atoms with Gasteiger partial charge in [0.25, 0.3) is 0 Å². The van der Waals surface area contributed by atoms with Gasteiger partial charge in [0.15, 0.2) is 0 Å². The van der Waals surface area contributed by atoms with Crippen molar-refractivity contribution in [3.63, 3.8) is 0 Å². The van der Waals surface area contributed by atoms with Crippen LogP contribution in [-0.2, 0) is 16.1 Å². The molecular weight excluding hydrogens is 374 g/mol. The molecule has 6 heteroatoms. The summed E-state index contributed by atoms with van der Waals surface area (Å²) in [5.41, 5.74) is 3.32. The minimum atomic E-state index is -0.334. The molecule has 2 fully saturated rings. The first-order valence-corrected chi connectivity index (χ1v) is 10.0. The number of piperazine rings is 1. The molecule has 2 heterocycles. The normalized spacial score (nSPS) is 20.9. The average molecular weight is 398 g/mol. The van der Waals surface area contributed by atoms with Crippen LogP contribution in [0, 0.1) is 6.92 Å². The number of halogens is 1. The molecule has 28 heavy (non-hydrogen) atoms. The molecule has 0 aromatic heterocycles. The van der Waals surface area contributed by atoms with E-state index in [1.807, 2.05) is 48.5 Å². The second-order valence-electron chi connectivity index (χ2n) is 7.48. The highest BCUT2D eigenvalue weighted by molar-refractivity contribution is 6.30. The van der Waals surface area contributed by atoms with Gasteiger partial charge in [-0.3, -0.25) is 19.4 Å². The van der Waals surface area contributed by atoms with Gasteiger partial charge in [0.05, 0.1) is 19.0 Å². The lowest BCUT2D eigenvalue weighted by molar-refractivity contribution is -0.140. The summed E-state index contributed by atoms with van der Waals surface area (Å²) in [4.78, 5) is 31.2. The van der Waals surface area contributed by atoms with Gasteiger partial charge in [-0.05, 0) is 30.2 Å². The highest BCUT2D eigenvalue weighted by Gasteiger charge is 2.42. The standard InChI is InChI=1S/C22H24ClN3O2/c1-16-7-8-18(23)13-19(16)24-9-11-25(12-10-24)20-14-21(27)26(22(20)28)15-17-5-3-2-4-6-17/h2-8,13,20H,9-12,14-15H2,1H3/t20-/m0/s1. The fourth-order valence-electron chi connectivity index (χ4n) is 4.08. The van der Waals surface area contributed by atoms with E-state index in [0.29, 0.717) is 6.54 Å². The Morgan fingerprint density at radius 3 is 2.43 bits per heavy atom. The summed E-state index contributed by atoms with van der Waals surface area (Å²) in [6.45, 7) is 5.59. The Balaban J connectivity index is 1.40. The molecule has 146 valence electrons. The highest BCUT2D eigenvalue weighted by Crippen LogP contribution is 2.27. The van der Waals surface area contributed by atoms with Gasteiger partial charge in [-0.1, -0.05) is 48.0 Å². The zero-order valence-electron chi connectivity index (χ0n) is 16.0. The van der Waals surface area contributed by atoms with Crippen molar-refractivity contribution in [3.05, 3.63) is 64.7 Å². The average Bonchev–Trinajstić information content (AvgIpc) is 2.99. The Hall–Kier alpha value is -2.37. The van der Waals surface area contributed by atoms with Crippen LogP contribution in [0.5, 0.6) is 0 Å². The smallest absolute Gasteiger partial charge is 0.247 e. The fraction of sp³-hybridized carbons (Fsp3) is 0.364. The van der Waals surface area contributed by atoms with Crippen LogP contribution in [0.1, 0.15) is 17.5 Å². The molecule has 0 N–H and O–H groups in total. The van der Waals surface area contributed by atoms with Crippen molar-refractivity contribution in [2.75, 3.05) is 31.1 Å². The molecule has 2 saturated heterocycles. The van der Waals surface area contributed by atoms with E-state index < -0.39 is 0 Å². The molecule has 2 aromatic rings. The van der Waals surface area contributed by atoms with Crippen molar-refractivity contribution in [3.8, 4) is 0 Å². The predicted molar refractivity (Wildman–Crippen MR) is 110 cm³/mol. The molecule has 5 nitrogen and oxygen atoms in total. The maximum Gasteiger partial charge on any atom is 0.247 e. The molecule has 0 unspecified atom stereocenters. The van der Waals surface area contributed by atoms with Gasteiger partial charge in [-0.2, -0.15) is 0 Å². The number of amides is 2. The molecule has 1 atom stereocenters. The molecule has 2 aliphatic rings. The van der Waals surface area contributed by atoms with E-state index in [1.54, 1.807) is 0 Å². The van der Waals surface area contributed by atoms with Crippen molar-refractivity contribution >= 4 is 29.1 Å². The molecule has 0 radical (unpaired) electrons. The Morgan fingerprint density at radius 1 is 1.00 bits per heavy atom. The number of aryl methyl sites for hydroxylation is 1. The number of nitrogens with zero attached hydrogens (tertiary/aromatic N) is 3. The Morgan fingerprint density at radius 2 is 1.71 bits per heavy atom. The van der Waals surface area contributed by atoms with E-state index in [9.17, 15) is 9.59 Å². The number of rotatable bonds is 4. The first-order chi connectivity index (χ1) is 13.5. The lowest BCUT2D eigenvalue weighted by atomic mass is 10.1. The minimum absolute atomic E-state index is 0.0683. The van der Waals surface area contributed by atoms with Crippen LogP contribution in [0.3, 0.4) is 0 Å². The third kappa shape index (κ3) is 3.77. The van der Waals surface area contributed by atoms with E-state index >= 15 is 0 Å². The lowest BCUT2D eigenvalue weighted by Crippen LogP contribution is -2.52. The fourth-order valence-corrected chi connectivity index (χ4v) is 4.25. The predicted octanol–water partition coefficient (Wildman–Crippen LogP) is 3.10. The van der Waals surface area contributed by atoms with Crippen molar-refractivity contribution in [1.29, 1.82) is 0 Å². The maximum atomic E-state index is 12.9. The van der Waals surface area contributed by atoms with Gasteiger partial charge in [0.1, 0.15) is 0 Å². The molecule has 0 bridgehead atoms. The number of benzene rings is 2. The first kappa shape index (κ1) is 19.0. The van der Waals surface area contributed by atoms with Crippen LogP contribution >= 0.6 is 11.6 Å². The topological polar surface area (TPSA) is 43.9 Å². The first-order valence-electron chi connectivity index (χ1n) is 9.66. The zero-order chi connectivity index (χ0) is 19.7. The van der Waals surface area contributed by atoms with Crippen molar-refractivity contribution in [2.45, 2.75) is 25.9 Å². The number of hydrogen-bond donors (Lipinski definition) is 0. The van der Waals surface area contributed by atoms with Crippen LogP contribution in [0.25, 0.3) is 0 Å². The van der Waals surface area contributed by atoms with Gasteiger partial charge in [-0.25, -0.2) is 0 Å². The molecule has 4 rings (SSSR count). The van der Waals surface area contributed by atoms with E-state index in [0.717, 1.165) is 42.5 Å². The summed E-state index contributed by atoms with van der Waals surface area (Å²) in [6, 6.07) is 15.3. The van der Waals surface area contributed by atoms with Gasteiger partial charge < -0.3 is 4.90 Å². The van der Waals surface area contributed by atoms with E-state index in [2.05, 4.69) is 16.7 Å². The molecular formula is C22H24ClN3O2. The molecule has 0 saturated carbocycles. The summed E-state index contributed by atoms with van der Waals surface area (Å²) in [5, 5.41) is 0.733. The third-order valence-electron chi connectivity index (χ3n) is 5.67. The molecule has 0 aliphatic carbocycles. The van der Waals surface area contributed by atoms with Gasteiger partial charge >= 0.3 is 0 Å². The van der Waals surface area contributed by atoms with Gasteiger partial charge in [0.2, 0.25) is 11.8 Å². The van der Waals surface area contributed by atoms with E-state index in [1.165, 1.54) is 10.5 Å². The summed E-state index contributed by atoms with van der Waals surface area (Å²) < 4.78 is 0. The number of hydrogen-bond acceptors (Lipinski definition) is 4. The Kier molecular flexibility index (Phi) is 5.38. The van der Waals surface area contributed by atoms with E-state index in [-0.39, 0.29) is 24.3 Å². The number of anilines is 1. The number of likely N-dealkylation sites (tertiary alicyclic amines) is 1. The minimum Gasteiger partial charge on any atom is -0.369 e. The second-order valence-corrected chi connectivity index (χ2v) is 7.91. The quantitative estimate of drug-likeness (QED) is 0.743. The highest BCUT2D eigenvalue weighted by atomic mass is 35.5. The molecule has 2 amide bonds. The third-order valence-corrected chi connectivity index (χ3v) is 5.91. The summed E-state index contributed by atoms with van der Waals surface area (Å²) in [7, 11) is 0. The Labute approximate surface area is 170 Å². The molecule has 0 spiro atoms. The van der Waals surface area contributed by atoms with Crippen molar-refractivity contribution < 1.29 is 9.59 Å². The van der Waals surface area contributed by atoms with Crippen molar-refractivity contribution in [2.24, 2.45) is 0 Å². The van der Waals surface area contributed by atoms with Gasteiger partial charge in [0, 0.05) is 36.9 Å².